The molecule has 0 spiro atoms. The van der Waals surface area contributed by atoms with Gasteiger partial charge in [-0.25, -0.2) is 15.0 Å². The largest absolute Gasteiger partial charge is 0.455 e. The molecule has 4 unspecified atom stereocenters. The Kier molecular flexibility index (Phi) is 7.05. The Balaban J connectivity index is 1.52. The van der Waals surface area contributed by atoms with Gasteiger partial charge in [-0.15, -0.1) is 0 Å². The Morgan fingerprint density at radius 3 is 2.45 bits per heavy atom. The number of aromatic nitrogens is 5. The normalized spacial score (nSPS) is 24.4. The molecule has 0 radical (unpaired) electrons. The quantitative estimate of drug-likeness (QED) is 0.452. The van der Waals surface area contributed by atoms with Gasteiger partial charge < -0.3 is 29.4 Å². The molecule has 0 aliphatic carbocycles. The summed E-state index contributed by atoms with van der Waals surface area (Å²) >= 11 is 0. The van der Waals surface area contributed by atoms with E-state index in [0.717, 1.165) is 25.9 Å². The number of hydrogen-bond acceptors (Lipinski definition) is 12. The molecule has 2 fully saturated rings. The number of piperidine rings is 1. The number of esters is 2. The van der Waals surface area contributed by atoms with Crippen molar-refractivity contribution in [1.82, 2.24) is 30.0 Å². The van der Waals surface area contributed by atoms with Crippen LogP contribution in [0.1, 0.15) is 71.2 Å². The molecule has 13 heteroatoms. The van der Waals surface area contributed by atoms with Crippen molar-refractivity contribution in [3.05, 3.63) is 30.2 Å². The Morgan fingerprint density at radius 1 is 1.08 bits per heavy atom. The van der Waals surface area contributed by atoms with E-state index in [1.54, 1.807) is 17.0 Å². The summed E-state index contributed by atoms with van der Waals surface area (Å²) in [7, 11) is 0. The van der Waals surface area contributed by atoms with Crippen molar-refractivity contribution >= 4 is 28.9 Å². The topological polar surface area (TPSA) is 156 Å². The van der Waals surface area contributed by atoms with Crippen LogP contribution in [0.15, 0.2) is 23.2 Å². The van der Waals surface area contributed by atoms with Crippen molar-refractivity contribution in [3.8, 4) is 0 Å². The Morgan fingerprint density at radius 2 is 1.79 bits per heavy atom. The van der Waals surface area contributed by atoms with Gasteiger partial charge >= 0.3 is 11.9 Å². The van der Waals surface area contributed by atoms with E-state index in [9.17, 15) is 9.59 Å². The van der Waals surface area contributed by atoms with Gasteiger partial charge in [-0.05, 0) is 25.9 Å². The van der Waals surface area contributed by atoms with E-state index in [2.05, 4.69) is 30.7 Å². The predicted octanol–water partition coefficient (Wildman–Crippen LogP) is 2.41. The number of hydrogen-bond donors (Lipinski definition) is 2. The third kappa shape index (κ3) is 5.20. The first-order valence-electron chi connectivity index (χ1n) is 12.7. The van der Waals surface area contributed by atoms with Crippen LogP contribution in [0.2, 0.25) is 0 Å². The molecule has 0 aromatic carbocycles. The van der Waals surface area contributed by atoms with E-state index in [4.69, 9.17) is 18.7 Å². The number of carbonyl (C=O) groups excluding carboxylic acids is 2. The third-order valence-corrected chi connectivity index (χ3v) is 6.68. The molecule has 204 valence electrons. The minimum absolute atomic E-state index is 0.261. The predicted molar refractivity (Wildman–Crippen MR) is 134 cm³/mol. The van der Waals surface area contributed by atoms with E-state index in [1.165, 1.54) is 20.2 Å². The standard InChI is InChI=1S/C25H33N7O6/c1-13(33)35-20-19(16-10-17(31-38-16)25(3,4)5)37-24(21(20)36-14(2)34)32-12-29-18-22(27-11-28-23(18)32)30-15-6-8-26-9-7-15/h10-12,15,19-21,24,26H,6-9H2,1-5H3,(H,27,28,30). The molecule has 0 amide bonds. The van der Waals surface area contributed by atoms with E-state index >= 15 is 0 Å². The Hall–Kier alpha value is -3.58. The lowest BCUT2D eigenvalue weighted by Crippen LogP contribution is -2.36. The number of ether oxygens (including phenoxy) is 3. The average molecular weight is 528 g/mol. The van der Waals surface area contributed by atoms with Gasteiger partial charge in [-0.3, -0.25) is 14.2 Å². The van der Waals surface area contributed by atoms with Gasteiger partial charge in [0.1, 0.15) is 6.33 Å². The fourth-order valence-electron chi connectivity index (χ4n) is 4.81. The molecular weight excluding hydrogens is 494 g/mol. The van der Waals surface area contributed by atoms with Crippen LogP contribution in [-0.4, -0.2) is 68.0 Å². The summed E-state index contributed by atoms with van der Waals surface area (Å²) in [5, 5.41) is 11.0. The van der Waals surface area contributed by atoms with Gasteiger partial charge in [0, 0.05) is 31.4 Å². The first-order valence-corrected chi connectivity index (χ1v) is 12.7. The highest BCUT2D eigenvalue weighted by atomic mass is 16.6. The first-order chi connectivity index (χ1) is 18.1. The monoisotopic (exact) mass is 527 g/mol. The molecule has 2 N–H and O–H groups in total. The lowest BCUT2D eigenvalue weighted by molar-refractivity contribution is -0.165. The lowest BCUT2D eigenvalue weighted by Gasteiger charge is -2.24. The first kappa shape index (κ1) is 26.0. The number of nitrogens with zero attached hydrogens (tertiary/aromatic N) is 5. The molecule has 5 rings (SSSR count). The van der Waals surface area contributed by atoms with Crippen LogP contribution in [0, 0.1) is 0 Å². The summed E-state index contributed by atoms with van der Waals surface area (Å²) in [4.78, 5) is 37.7. The van der Waals surface area contributed by atoms with E-state index in [-0.39, 0.29) is 11.5 Å². The molecule has 2 aliphatic rings. The van der Waals surface area contributed by atoms with Crippen molar-refractivity contribution in [3.63, 3.8) is 0 Å². The second kappa shape index (κ2) is 10.3. The molecule has 0 bridgehead atoms. The molecule has 0 saturated carbocycles. The smallest absolute Gasteiger partial charge is 0.303 e. The van der Waals surface area contributed by atoms with Crippen LogP contribution in [0.25, 0.3) is 11.2 Å². The third-order valence-electron chi connectivity index (χ3n) is 6.68. The van der Waals surface area contributed by atoms with Crippen molar-refractivity contribution in [2.75, 3.05) is 18.4 Å². The molecule has 3 aromatic heterocycles. The number of fused-ring (bicyclic) bond motifs is 1. The van der Waals surface area contributed by atoms with Gasteiger partial charge in [0.15, 0.2) is 47.3 Å². The minimum atomic E-state index is -1.00. The second-order valence-corrected chi connectivity index (χ2v) is 10.7. The van der Waals surface area contributed by atoms with Crippen molar-refractivity contribution in [2.24, 2.45) is 0 Å². The molecule has 2 saturated heterocycles. The molecule has 5 heterocycles. The molecule has 4 atom stereocenters. The maximum Gasteiger partial charge on any atom is 0.303 e. The van der Waals surface area contributed by atoms with E-state index in [0.29, 0.717) is 28.4 Å². The fourth-order valence-corrected chi connectivity index (χ4v) is 4.81. The molecule has 2 aliphatic heterocycles. The second-order valence-electron chi connectivity index (χ2n) is 10.7. The number of rotatable bonds is 6. The molecule has 13 nitrogen and oxygen atoms in total. The zero-order chi connectivity index (χ0) is 27.0. The van der Waals surface area contributed by atoms with Crippen LogP contribution in [-0.2, 0) is 29.2 Å². The highest BCUT2D eigenvalue weighted by Crippen LogP contribution is 2.44. The summed E-state index contributed by atoms with van der Waals surface area (Å²) in [5.41, 5.74) is 1.47. The number of anilines is 1. The highest BCUT2D eigenvalue weighted by molar-refractivity contribution is 5.83. The summed E-state index contributed by atoms with van der Waals surface area (Å²) in [5.74, 6) is -0.140. The summed E-state index contributed by atoms with van der Waals surface area (Å²) in [6, 6.07) is 2.03. The average Bonchev–Trinajstić information content (AvgIpc) is 3.58. The zero-order valence-electron chi connectivity index (χ0n) is 22.1. The minimum Gasteiger partial charge on any atom is -0.455 e. The van der Waals surface area contributed by atoms with Gasteiger partial charge in [-0.1, -0.05) is 25.9 Å². The van der Waals surface area contributed by atoms with Crippen LogP contribution >= 0.6 is 0 Å². The maximum atomic E-state index is 12.1. The highest BCUT2D eigenvalue weighted by Gasteiger charge is 2.53. The summed E-state index contributed by atoms with van der Waals surface area (Å²) < 4.78 is 25.0. The summed E-state index contributed by atoms with van der Waals surface area (Å²) in [6.45, 7) is 10.4. The van der Waals surface area contributed by atoms with Gasteiger partial charge in [-0.2, -0.15) is 0 Å². The number of imidazole rings is 1. The fraction of sp³-hybridized carbons (Fsp3) is 0.600. The summed E-state index contributed by atoms with van der Waals surface area (Å²) in [6.07, 6.45) is 1.14. The lowest BCUT2D eigenvalue weighted by atomic mass is 9.92. The Bertz CT molecular complexity index is 1310. The number of nitrogens with one attached hydrogen (secondary N) is 2. The Labute approximate surface area is 219 Å². The number of carbonyl (C=O) groups is 2. The van der Waals surface area contributed by atoms with Crippen LogP contribution in [0.3, 0.4) is 0 Å². The maximum absolute atomic E-state index is 12.1. The van der Waals surface area contributed by atoms with E-state index in [1.807, 2.05) is 20.8 Å². The van der Waals surface area contributed by atoms with E-state index < -0.39 is 36.5 Å². The van der Waals surface area contributed by atoms with Gasteiger partial charge in [0.25, 0.3) is 0 Å². The van der Waals surface area contributed by atoms with Crippen LogP contribution in [0.5, 0.6) is 0 Å². The SMILES string of the molecule is CC(=O)OC1C(c2cc(C(C)(C)C)no2)OC(n2cnc3c(NC4CCNCC4)ncnc32)C1OC(C)=O. The van der Waals surface area contributed by atoms with Gasteiger partial charge in [0.05, 0.1) is 12.0 Å². The van der Waals surface area contributed by atoms with Crippen LogP contribution in [0.4, 0.5) is 5.82 Å². The van der Waals surface area contributed by atoms with Crippen LogP contribution < -0.4 is 10.6 Å². The van der Waals surface area contributed by atoms with Gasteiger partial charge in [0.2, 0.25) is 0 Å². The molecule has 3 aromatic rings. The van der Waals surface area contributed by atoms with Crippen molar-refractivity contribution in [1.29, 1.82) is 0 Å². The molecular formula is C25H33N7O6. The molecule has 38 heavy (non-hydrogen) atoms. The zero-order valence-corrected chi connectivity index (χ0v) is 22.1. The van der Waals surface area contributed by atoms with Crippen molar-refractivity contribution < 1.29 is 28.3 Å². The van der Waals surface area contributed by atoms with Crippen molar-refractivity contribution in [2.45, 2.75) is 83.5 Å².